The third kappa shape index (κ3) is 4.80. The van der Waals surface area contributed by atoms with Gasteiger partial charge in [-0.2, -0.15) is 0 Å². The smallest absolute Gasteiger partial charge is 0.261 e. The summed E-state index contributed by atoms with van der Waals surface area (Å²) in [6.07, 6.45) is 2.10. The van der Waals surface area contributed by atoms with Gasteiger partial charge in [-0.25, -0.2) is 0 Å². The lowest BCUT2D eigenvalue weighted by Gasteiger charge is -2.04. The number of nitrogens with one attached hydrogen (secondary N) is 1. The van der Waals surface area contributed by atoms with Crippen LogP contribution in [-0.2, 0) is 0 Å². The molecular formula is C11H16BrNOS. The number of alkyl halides is 1. The van der Waals surface area contributed by atoms with E-state index in [0.717, 1.165) is 24.3 Å². The molecule has 0 bridgehead atoms. The second-order valence-electron chi connectivity index (χ2n) is 3.59. The third-order valence-electron chi connectivity index (χ3n) is 2.03. The Bertz CT molecular complexity index is 322. The van der Waals surface area contributed by atoms with Gasteiger partial charge < -0.3 is 5.32 Å². The van der Waals surface area contributed by atoms with E-state index in [0.29, 0.717) is 4.83 Å². The van der Waals surface area contributed by atoms with Crippen molar-refractivity contribution in [2.24, 2.45) is 0 Å². The van der Waals surface area contributed by atoms with Gasteiger partial charge in [0.15, 0.2) is 0 Å². The van der Waals surface area contributed by atoms with Crippen LogP contribution in [0, 0.1) is 6.92 Å². The van der Waals surface area contributed by atoms with Gasteiger partial charge in [-0.3, -0.25) is 4.79 Å². The molecule has 0 radical (unpaired) electrons. The molecule has 84 valence electrons. The lowest BCUT2D eigenvalue weighted by atomic mass is 10.2. The van der Waals surface area contributed by atoms with Gasteiger partial charge in [0.05, 0.1) is 4.88 Å². The summed E-state index contributed by atoms with van der Waals surface area (Å²) < 4.78 is 0. The highest BCUT2D eigenvalue weighted by atomic mass is 79.9. The molecule has 0 aromatic carbocycles. The molecule has 0 aliphatic carbocycles. The number of rotatable bonds is 5. The number of thiophene rings is 1. The van der Waals surface area contributed by atoms with E-state index in [1.54, 1.807) is 0 Å². The van der Waals surface area contributed by atoms with Crippen LogP contribution in [0.1, 0.15) is 34.3 Å². The van der Waals surface area contributed by atoms with Crippen LogP contribution >= 0.6 is 27.3 Å². The molecule has 0 spiro atoms. The van der Waals surface area contributed by atoms with Gasteiger partial charge in [0.25, 0.3) is 5.91 Å². The molecule has 1 aromatic rings. The van der Waals surface area contributed by atoms with Crippen molar-refractivity contribution >= 4 is 33.2 Å². The fourth-order valence-electron chi connectivity index (χ4n) is 1.23. The van der Waals surface area contributed by atoms with Crippen molar-refractivity contribution in [3.05, 3.63) is 21.9 Å². The quantitative estimate of drug-likeness (QED) is 0.654. The first-order valence-corrected chi connectivity index (χ1v) is 6.81. The molecular weight excluding hydrogens is 274 g/mol. The van der Waals surface area contributed by atoms with Crippen molar-refractivity contribution in [1.29, 1.82) is 0 Å². The molecule has 0 saturated heterocycles. The minimum atomic E-state index is 0.0512. The number of amides is 1. The molecule has 1 amide bonds. The number of carbonyl (C=O) groups excluding carboxylic acids is 1. The molecule has 15 heavy (non-hydrogen) atoms. The van der Waals surface area contributed by atoms with Crippen LogP contribution in [0.3, 0.4) is 0 Å². The normalized spacial score (nSPS) is 12.5. The molecule has 0 aliphatic heterocycles. The minimum absolute atomic E-state index is 0.0512. The SMILES string of the molecule is Cc1ccc(C(=O)NCCCC(C)Br)s1. The maximum atomic E-state index is 11.6. The van der Waals surface area contributed by atoms with Crippen LogP contribution in [-0.4, -0.2) is 17.3 Å². The van der Waals surface area contributed by atoms with Crippen LogP contribution < -0.4 is 5.32 Å². The van der Waals surface area contributed by atoms with Gasteiger partial charge in [-0.05, 0) is 31.9 Å². The van der Waals surface area contributed by atoms with Crippen molar-refractivity contribution in [2.45, 2.75) is 31.5 Å². The first-order chi connectivity index (χ1) is 7.09. The second kappa shape index (κ2) is 6.28. The van der Waals surface area contributed by atoms with Crippen LogP contribution in [0.2, 0.25) is 0 Å². The monoisotopic (exact) mass is 289 g/mol. The Balaban J connectivity index is 2.25. The molecule has 1 N–H and O–H groups in total. The lowest BCUT2D eigenvalue weighted by molar-refractivity contribution is 0.0957. The molecule has 1 rings (SSSR count). The highest BCUT2D eigenvalue weighted by molar-refractivity contribution is 9.09. The van der Waals surface area contributed by atoms with Gasteiger partial charge in [0, 0.05) is 16.2 Å². The lowest BCUT2D eigenvalue weighted by Crippen LogP contribution is -2.23. The topological polar surface area (TPSA) is 29.1 Å². The predicted molar refractivity (Wildman–Crippen MR) is 69.0 cm³/mol. The first kappa shape index (κ1) is 12.7. The number of carbonyl (C=O) groups is 1. The minimum Gasteiger partial charge on any atom is -0.351 e. The van der Waals surface area contributed by atoms with Crippen LogP contribution in [0.4, 0.5) is 0 Å². The highest BCUT2D eigenvalue weighted by Gasteiger charge is 2.06. The Hall–Kier alpha value is -0.350. The summed E-state index contributed by atoms with van der Waals surface area (Å²) in [5, 5.41) is 2.92. The molecule has 1 heterocycles. The molecule has 0 saturated carbocycles. The first-order valence-electron chi connectivity index (χ1n) is 5.08. The number of hydrogen-bond acceptors (Lipinski definition) is 2. The zero-order valence-electron chi connectivity index (χ0n) is 9.05. The Labute approximate surface area is 103 Å². The van der Waals surface area contributed by atoms with Gasteiger partial charge in [0.2, 0.25) is 0 Å². The fraction of sp³-hybridized carbons (Fsp3) is 0.545. The van der Waals surface area contributed by atoms with E-state index in [4.69, 9.17) is 0 Å². The van der Waals surface area contributed by atoms with Crippen LogP contribution in [0.5, 0.6) is 0 Å². The highest BCUT2D eigenvalue weighted by Crippen LogP contribution is 2.14. The Morgan fingerprint density at radius 3 is 2.87 bits per heavy atom. The van der Waals surface area contributed by atoms with E-state index in [2.05, 4.69) is 28.2 Å². The van der Waals surface area contributed by atoms with Crippen molar-refractivity contribution in [3.63, 3.8) is 0 Å². The van der Waals surface area contributed by atoms with Crippen molar-refractivity contribution in [1.82, 2.24) is 5.32 Å². The largest absolute Gasteiger partial charge is 0.351 e. The van der Waals surface area contributed by atoms with Gasteiger partial charge in [-0.1, -0.05) is 22.9 Å². The zero-order valence-corrected chi connectivity index (χ0v) is 11.5. The summed E-state index contributed by atoms with van der Waals surface area (Å²) in [4.78, 5) is 14.1. The Kier molecular flexibility index (Phi) is 5.32. The predicted octanol–water partition coefficient (Wildman–Crippen LogP) is 3.35. The van der Waals surface area contributed by atoms with E-state index < -0.39 is 0 Å². The Morgan fingerprint density at radius 2 is 2.33 bits per heavy atom. The van der Waals surface area contributed by atoms with Gasteiger partial charge in [0.1, 0.15) is 0 Å². The van der Waals surface area contributed by atoms with E-state index in [-0.39, 0.29) is 5.91 Å². The Morgan fingerprint density at radius 1 is 1.60 bits per heavy atom. The number of hydrogen-bond donors (Lipinski definition) is 1. The molecule has 0 fully saturated rings. The van der Waals surface area contributed by atoms with Gasteiger partial charge in [-0.15, -0.1) is 11.3 Å². The van der Waals surface area contributed by atoms with Crippen molar-refractivity contribution < 1.29 is 4.79 Å². The second-order valence-corrected chi connectivity index (χ2v) is 6.44. The van der Waals surface area contributed by atoms with Crippen molar-refractivity contribution in [3.8, 4) is 0 Å². The van der Waals surface area contributed by atoms with E-state index in [1.807, 2.05) is 19.1 Å². The van der Waals surface area contributed by atoms with E-state index in [1.165, 1.54) is 16.2 Å². The average molecular weight is 290 g/mol. The molecule has 0 aliphatic rings. The number of aryl methyl sites for hydroxylation is 1. The summed E-state index contributed by atoms with van der Waals surface area (Å²) in [6, 6.07) is 3.85. The summed E-state index contributed by atoms with van der Waals surface area (Å²) >= 11 is 5.02. The maximum Gasteiger partial charge on any atom is 0.261 e. The molecule has 1 aromatic heterocycles. The van der Waals surface area contributed by atoms with Gasteiger partial charge >= 0.3 is 0 Å². The number of halogens is 1. The third-order valence-corrected chi connectivity index (χ3v) is 3.49. The summed E-state index contributed by atoms with van der Waals surface area (Å²) in [5.41, 5.74) is 0. The standard InChI is InChI=1S/C11H16BrNOS/c1-8(12)4-3-7-13-11(14)10-6-5-9(2)15-10/h5-6,8H,3-4,7H2,1-2H3,(H,13,14). The van der Waals surface area contributed by atoms with Crippen LogP contribution in [0.15, 0.2) is 12.1 Å². The summed E-state index contributed by atoms with van der Waals surface area (Å²) in [6.45, 7) is 4.88. The van der Waals surface area contributed by atoms with E-state index in [9.17, 15) is 4.79 Å². The van der Waals surface area contributed by atoms with Crippen molar-refractivity contribution in [2.75, 3.05) is 6.54 Å². The van der Waals surface area contributed by atoms with Crippen LogP contribution in [0.25, 0.3) is 0 Å². The summed E-state index contributed by atoms with van der Waals surface area (Å²) in [7, 11) is 0. The molecule has 4 heteroatoms. The molecule has 1 unspecified atom stereocenters. The fourth-order valence-corrected chi connectivity index (χ4v) is 2.34. The summed E-state index contributed by atoms with van der Waals surface area (Å²) in [5.74, 6) is 0.0512. The maximum absolute atomic E-state index is 11.6. The average Bonchev–Trinajstić information content (AvgIpc) is 2.59. The molecule has 1 atom stereocenters. The molecule has 2 nitrogen and oxygen atoms in total. The zero-order chi connectivity index (χ0) is 11.3. The van der Waals surface area contributed by atoms with E-state index >= 15 is 0 Å².